The van der Waals surface area contributed by atoms with Crippen molar-refractivity contribution in [3.05, 3.63) is 0 Å². The normalized spacial score (nSPS) is 18.0. The van der Waals surface area contributed by atoms with Crippen LogP contribution in [0.2, 0.25) is 0 Å². The van der Waals surface area contributed by atoms with Gasteiger partial charge in [-0.25, -0.2) is 0 Å². The van der Waals surface area contributed by atoms with Gasteiger partial charge in [0.05, 0.1) is 13.2 Å². The van der Waals surface area contributed by atoms with E-state index in [2.05, 4.69) is 4.74 Å². The Hall–Kier alpha value is 0.882. The first-order chi connectivity index (χ1) is 1.50. The van der Waals surface area contributed by atoms with E-state index in [4.69, 9.17) is 0 Å². The van der Waals surface area contributed by atoms with Gasteiger partial charge in [0.2, 0.25) is 0 Å². The summed E-state index contributed by atoms with van der Waals surface area (Å²) in [7, 11) is 0. The summed E-state index contributed by atoms with van der Waals surface area (Å²) in [4.78, 5) is 0. The molecule has 0 unspecified atom stereocenters. The van der Waals surface area contributed by atoms with Crippen molar-refractivity contribution in [2.45, 2.75) is 0 Å². The number of epoxide rings is 1. The van der Waals surface area contributed by atoms with Gasteiger partial charge < -0.3 is 4.74 Å². The third-order valence-electron chi connectivity index (χ3n) is 0.204. The molecular formula is C2H6OPb. The van der Waals surface area contributed by atoms with Crippen molar-refractivity contribution in [3.63, 3.8) is 0 Å². The van der Waals surface area contributed by atoms with Crippen LogP contribution in [0.15, 0.2) is 0 Å². The molecule has 1 rings (SSSR count). The molecule has 0 aromatic carbocycles. The Balaban J connectivity index is 0.0000000900. The predicted molar refractivity (Wildman–Crippen MR) is 19.4 cm³/mol. The van der Waals surface area contributed by atoms with Gasteiger partial charge in [0.25, 0.3) is 0 Å². The number of hydrogen-bond donors (Lipinski definition) is 0. The van der Waals surface area contributed by atoms with E-state index in [1.807, 2.05) is 0 Å². The van der Waals surface area contributed by atoms with Crippen molar-refractivity contribution in [2.24, 2.45) is 0 Å². The van der Waals surface area contributed by atoms with Crippen LogP contribution in [0.25, 0.3) is 0 Å². The number of ether oxygens (including phenoxy) is 1. The molecule has 0 aliphatic carbocycles. The van der Waals surface area contributed by atoms with Gasteiger partial charge >= 0.3 is 27.3 Å². The summed E-state index contributed by atoms with van der Waals surface area (Å²) in [5, 5.41) is 0. The molecule has 1 aliphatic rings. The van der Waals surface area contributed by atoms with Crippen molar-refractivity contribution >= 4 is 27.3 Å². The number of rotatable bonds is 0. The molecule has 1 heterocycles. The van der Waals surface area contributed by atoms with Crippen molar-refractivity contribution in [2.75, 3.05) is 13.2 Å². The van der Waals surface area contributed by atoms with Crippen LogP contribution in [-0.4, -0.2) is 40.5 Å². The van der Waals surface area contributed by atoms with E-state index in [9.17, 15) is 0 Å². The Bertz CT molecular complexity index is 10.8. The Morgan fingerprint density at radius 3 is 1.50 bits per heavy atom. The van der Waals surface area contributed by atoms with Gasteiger partial charge in [0.1, 0.15) is 0 Å². The molecule has 2 heteroatoms. The van der Waals surface area contributed by atoms with E-state index < -0.39 is 0 Å². The quantitative estimate of drug-likeness (QED) is 0.403. The van der Waals surface area contributed by atoms with Gasteiger partial charge in [0, 0.05) is 0 Å². The van der Waals surface area contributed by atoms with Crippen molar-refractivity contribution in [1.29, 1.82) is 0 Å². The second-order valence-corrected chi connectivity index (χ2v) is 0.612. The van der Waals surface area contributed by atoms with Crippen LogP contribution in [0, 0.1) is 0 Å². The molecule has 4 heavy (non-hydrogen) atoms. The van der Waals surface area contributed by atoms with Crippen molar-refractivity contribution < 1.29 is 4.74 Å². The Morgan fingerprint density at radius 2 is 1.50 bits per heavy atom. The molecule has 1 nitrogen and oxygen atoms in total. The van der Waals surface area contributed by atoms with Crippen LogP contribution in [0.4, 0.5) is 0 Å². The standard InChI is InChI=1S/C2H4O.Pb.2H/c1-2-3-1;;;/h1-2H2;;;. The fourth-order valence-electron chi connectivity index (χ4n) is 0. The molecule has 0 atom stereocenters. The van der Waals surface area contributed by atoms with Gasteiger partial charge in [-0.2, -0.15) is 0 Å². The molecule has 0 aromatic rings. The van der Waals surface area contributed by atoms with Crippen LogP contribution in [0.3, 0.4) is 0 Å². The summed E-state index contributed by atoms with van der Waals surface area (Å²) in [5.41, 5.74) is 0. The zero-order valence-corrected chi connectivity index (χ0v) is 8.03. The maximum atomic E-state index is 4.50. The van der Waals surface area contributed by atoms with Gasteiger partial charge in [-0.3, -0.25) is 0 Å². The molecule has 24 valence electrons. The molecule has 2 radical (unpaired) electrons. The van der Waals surface area contributed by atoms with E-state index >= 15 is 0 Å². The summed E-state index contributed by atoms with van der Waals surface area (Å²) in [6.07, 6.45) is 0. The molecule has 0 amide bonds. The summed E-state index contributed by atoms with van der Waals surface area (Å²) in [6.45, 7) is 2.00. The van der Waals surface area contributed by atoms with E-state index in [1.54, 1.807) is 0 Å². The van der Waals surface area contributed by atoms with Gasteiger partial charge in [-0.15, -0.1) is 0 Å². The van der Waals surface area contributed by atoms with E-state index in [-0.39, 0.29) is 27.3 Å². The summed E-state index contributed by atoms with van der Waals surface area (Å²) >= 11 is 0. The third-order valence-corrected chi connectivity index (χ3v) is 0.204. The van der Waals surface area contributed by atoms with Crippen LogP contribution >= 0.6 is 0 Å². The average molecular weight is 253 g/mol. The molecule has 1 aliphatic heterocycles. The van der Waals surface area contributed by atoms with E-state index in [1.165, 1.54) is 0 Å². The second kappa shape index (κ2) is 2.14. The van der Waals surface area contributed by atoms with Crippen LogP contribution in [-0.2, 0) is 4.74 Å². The third kappa shape index (κ3) is 2.88. The summed E-state index contributed by atoms with van der Waals surface area (Å²) in [6, 6.07) is 0. The van der Waals surface area contributed by atoms with Gasteiger partial charge in [-0.05, 0) is 0 Å². The topological polar surface area (TPSA) is 12.5 Å². The Kier molecular flexibility index (Phi) is 2.61. The Morgan fingerprint density at radius 1 is 1.25 bits per heavy atom. The molecule has 0 saturated carbocycles. The van der Waals surface area contributed by atoms with Crippen molar-refractivity contribution in [1.82, 2.24) is 0 Å². The van der Waals surface area contributed by atoms with Crippen LogP contribution < -0.4 is 0 Å². The maximum absolute atomic E-state index is 4.50. The minimum absolute atomic E-state index is 0. The number of hydrogen-bond acceptors (Lipinski definition) is 1. The summed E-state index contributed by atoms with van der Waals surface area (Å²) < 4.78 is 4.50. The molecular weight excluding hydrogens is 247 g/mol. The van der Waals surface area contributed by atoms with E-state index in [0.29, 0.717) is 0 Å². The average Bonchev–Trinajstić information content (AvgIpc) is 1.46. The van der Waals surface area contributed by atoms with Gasteiger partial charge in [-0.1, -0.05) is 0 Å². The fourth-order valence-corrected chi connectivity index (χ4v) is 0. The monoisotopic (exact) mass is 254 g/mol. The molecule has 0 N–H and O–H groups in total. The second-order valence-electron chi connectivity index (χ2n) is 0.612. The molecule has 0 aromatic heterocycles. The minimum atomic E-state index is 0. The van der Waals surface area contributed by atoms with Crippen LogP contribution in [0.1, 0.15) is 0 Å². The van der Waals surface area contributed by atoms with E-state index in [0.717, 1.165) is 13.2 Å². The van der Waals surface area contributed by atoms with Gasteiger partial charge in [0.15, 0.2) is 0 Å². The first-order valence-corrected chi connectivity index (χ1v) is 1.08. The zero-order chi connectivity index (χ0) is 2.12. The molecule has 0 bridgehead atoms. The SMILES string of the molecule is C1CO1.[PbH2]. The molecule has 1 fully saturated rings. The molecule has 0 spiro atoms. The first kappa shape index (κ1) is 4.88. The zero-order valence-electron chi connectivity index (χ0n) is 2.53. The van der Waals surface area contributed by atoms with Crippen LogP contribution in [0.5, 0.6) is 0 Å². The molecule has 1 saturated heterocycles. The summed E-state index contributed by atoms with van der Waals surface area (Å²) in [5.74, 6) is 0. The fraction of sp³-hybridized carbons (Fsp3) is 1.00. The first-order valence-electron chi connectivity index (χ1n) is 1.08. The Labute approximate surface area is 45.5 Å². The van der Waals surface area contributed by atoms with Crippen molar-refractivity contribution in [3.8, 4) is 0 Å². The predicted octanol–water partition coefficient (Wildman–Crippen LogP) is -0.900.